The van der Waals surface area contributed by atoms with Gasteiger partial charge in [0.2, 0.25) is 0 Å². The van der Waals surface area contributed by atoms with Crippen LogP contribution in [0.5, 0.6) is 0 Å². The van der Waals surface area contributed by atoms with Crippen molar-refractivity contribution < 1.29 is 9.53 Å². The van der Waals surface area contributed by atoms with Crippen LogP contribution in [0.4, 0.5) is 0 Å². The summed E-state index contributed by atoms with van der Waals surface area (Å²) in [4.78, 5) is 11.3. The predicted molar refractivity (Wildman–Crippen MR) is 61.5 cm³/mol. The minimum atomic E-state index is -0.167. The van der Waals surface area contributed by atoms with E-state index in [2.05, 4.69) is 13.8 Å². The van der Waals surface area contributed by atoms with E-state index in [1.165, 1.54) is 18.4 Å². The van der Waals surface area contributed by atoms with Crippen LogP contribution >= 0.6 is 0 Å². The van der Waals surface area contributed by atoms with E-state index in [0.717, 1.165) is 24.7 Å². The first-order valence-corrected chi connectivity index (χ1v) is 6.07. The van der Waals surface area contributed by atoms with Gasteiger partial charge >= 0.3 is 5.97 Å². The molecule has 1 aliphatic rings. The summed E-state index contributed by atoms with van der Waals surface area (Å²) >= 11 is 0. The Kier molecular flexibility index (Phi) is 4.86. The topological polar surface area (TPSA) is 26.3 Å². The molecule has 0 aromatic carbocycles. The summed E-state index contributed by atoms with van der Waals surface area (Å²) in [6.45, 7) is 6.78. The van der Waals surface area contributed by atoms with Crippen LogP contribution < -0.4 is 0 Å². The lowest BCUT2D eigenvalue weighted by molar-refractivity contribution is -0.137. The Morgan fingerprint density at radius 3 is 2.20 bits per heavy atom. The van der Waals surface area contributed by atoms with Gasteiger partial charge in [0.15, 0.2) is 0 Å². The Balaban J connectivity index is 2.56. The molecule has 1 rings (SSSR count). The number of carbonyl (C=O) groups excluding carboxylic acids is 1. The minimum Gasteiger partial charge on any atom is -0.463 e. The smallest absolute Gasteiger partial charge is 0.330 e. The molecule has 0 radical (unpaired) electrons. The van der Waals surface area contributed by atoms with Crippen molar-refractivity contribution in [1.82, 2.24) is 0 Å². The van der Waals surface area contributed by atoms with E-state index < -0.39 is 0 Å². The Morgan fingerprint density at radius 1 is 1.27 bits per heavy atom. The lowest BCUT2D eigenvalue weighted by Gasteiger charge is -2.13. The molecule has 0 amide bonds. The van der Waals surface area contributed by atoms with E-state index in [9.17, 15) is 4.79 Å². The van der Waals surface area contributed by atoms with Crippen LogP contribution in [0.15, 0.2) is 11.6 Å². The SMILES string of the molecule is CCOC(=O)C=C1C[C@H](CC)[C@@H](CC)C1. The molecule has 0 spiro atoms. The number of carbonyl (C=O) groups is 1. The third-order valence-electron chi connectivity index (χ3n) is 3.37. The van der Waals surface area contributed by atoms with E-state index in [0.29, 0.717) is 6.61 Å². The highest BCUT2D eigenvalue weighted by atomic mass is 16.5. The average molecular weight is 210 g/mol. The van der Waals surface area contributed by atoms with E-state index >= 15 is 0 Å². The van der Waals surface area contributed by atoms with Gasteiger partial charge in [0.25, 0.3) is 0 Å². The Labute approximate surface area is 92.7 Å². The second-order valence-electron chi connectivity index (χ2n) is 4.30. The van der Waals surface area contributed by atoms with Crippen LogP contribution in [-0.2, 0) is 9.53 Å². The number of rotatable bonds is 4. The molecule has 2 atom stereocenters. The molecular weight excluding hydrogens is 188 g/mol. The molecule has 0 bridgehead atoms. The summed E-state index contributed by atoms with van der Waals surface area (Å²) in [5.41, 5.74) is 1.28. The zero-order chi connectivity index (χ0) is 11.3. The summed E-state index contributed by atoms with van der Waals surface area (Å²) in [7, 11) is 0. The van der Waals surface area contributed by atoms with E-state index in [4.69, 9.17) is 4.74 Å². The van der Waals surface area contributed by atoms with Gasteiger partial charge in [0.1, 0.15) is 0 Å². The standard InChI is InChI=1S/C13H22O2/c1-4-11-7-10(8-12(11)5-2)9-13(14)15-6-3/h9,11-12H,4-8H2,1-3H3/t11-,12-/m0/s1. The van der Waals surface area contributed by atoms with Gasteiger partial charge in [-0.3, -0.25) is 0 Å². The van der Waals surface area contributed by atoms with Crippen LogP contribution in [0, 0.1) is 11.8 Å². The average Bonchev–Trinajstić information content (AvgIpc) is 2.60. The van der Waals surface area contributed by atoms with E-state index in [-0.39, 0.29) is 5.97 Å². The van der Waals surface area contributed by atoms with Crippen molar-refractivity contribution in [3.05, 3.63) is 11.6 Å². The number of esters is 1. The Hall–Kier alpha value is -0.790. The van der Waals surface area contributed by atoms with E-state index in [1.807, 2.05) is 6.92 Å². The van der Waals surface area contributed by atoms with Crippen molar-refractivity contribution in [2.45, 2.75) is 46.5 Å². The van der Waals surface area contributed by atoms with Crippen molar-refractivity contribution in [3.63, 3.8) is 0 Å². The number of hydrogen-bond acceptors (Lipinski definition) is 2. The summed E-state index contributed by atoms with van der Waals surface area (Å²) in [5.74, 6) is 1.38. The fourth-order valence-corrected chi connectivity index (χ4v) is 2.51. The molecule has 2 nitrogen and oxygen atoms in total. The summed E-state index contributed by atoms with van der Waals surface area (Å²) in [5, 5.41) is 0. The zero-order valence-electron chi connectivity index (χ0n) is 10.1. The van der Waals surface area contributed by atoms with Crippen LogP contribution in [0.3, 0.4) is 0 Å². The maximum atomic E-state index is 11.3. The first-order valence-electron chi connectivity index (χ1n) is 6.07. The quantitative estimate of drug-likeness (QED) is 0.525. The molecule has 86 valence electrons. The molecular formula is C13H22O2. The fourth-order valence-electron chi connectivity index (χ4n) is 2.51. The molecule has 0 N–H and O–H groups in total. The minimum absolute atomic E-state index is 0.167. The largest absolute Gasteiger partial charge is 0.463 e. The van der Waals surface area contributed by atoms with Crippen LogP contribution in [0.25, 0.3) is 0 Å². The van der Waals surface area contributed by atoms with Crippen molar-refractivity contribution in [3.8, 4) is 0 Å². The monoisotopic (exact) mass is 210 g/mol. The highest BCUT2D eigenvalue weighted by Gasteiger charge is 2.27. The Bertz CT molecular complexity index is 229. The summed E-state index contributed by atoms with van der Waals surface area (Å²) in [6, 6.07) is 0. The van der Waals surface area contributed by atoms with Gasteiger partial charge in [-0.2, -0.15) is 0 Å². The van der Waals surface area contributed by atoms with Crippen molar-refractivity contribution >= 4 is 5.97 Å². The van der Waals surface area contributed by atoms with Crippen LogP contribution in [0.2, 0.25) is 0 Å². The van der Waals surface area contributed by atoms with Crippen molar-refractivity contribution in [2.75, 3.05) is 6.61 Å². The molecule has 0 saturated heterocycles. The van der Waals surface area contributed by atoms with Gasteiger partial charge in [-0.25, -0.2) is 4.79 Å². The van der Waals surface area contributed by atoms with Gasteiger partial charge in [0, 0.05) is 6.08 Å². The highest BCUT2D eigenvalue weighted by Crippen LogP contribution is 2.39. The van der Waals surface area contributed by atoms with Gasteiger partial charge in [-0.15, -0.1) is 0 Å². The van der Waals surface area contributed by atoms with Crippen molar-refractivity contribution in [1.29, 1.82) is 0 Å². The highest BCUT2D eigenvalue weighted by molar-refractivity contribution is 5.82. The predicted octanol–water partition coefficient (Wildman–Crippen LogP) is 3.32. The molecule has 1 saturated carbocycles. The molecule has 0 unspecified atom stereocenters. The van der Waals surface area contributed by atoms with Gasteiger partial charge in [-0.05, 0) is 31.6 Å². The first kappa shape index (κ1) is 12.3. The molecule has 1 fully saturated rings. The molecule has 1 aliphatic carbocycles. The second-order valence-corrected chi connectivity index (χ2v) is 4.30. The van der Waals surface area contributed by atoms with Gasteiger partial charge < -0.3 is 4.74 Å². The van der Waals surface area contributed by atoms with Gasteiger partial charge in [-0.1, -0.05) is 32.3 Å². The third-order valence-corrected chi connectivity index (χ3v) is 3.37. The molecule has 0 aliphatic heterocycles. The lowest BCUT2D eigenvalue weighted by Crippen LogP contribution is -2.04. The molecule has 0 aromatic rings. The molecule has 0 heterocycles. The zero-order valence-corrected chi connectivity index (χ0v) is 10.1. The van der Waals surface area contributed by atoms with E-state index in [1.54, 1.807) is 6.08 Å². The van der Waals surface area contributed by atoms with Crippen LogP contribution in [0.1, 0.15) is 46.5 Å². The number of ether oxygens (including phenoxy) is 1. The summed E-state index contributed by atoms with van der Waals surface area (Å²) in [6.07, 6.45) is 6.33. The fraction of sp³-hybridized carbons (Fsp3) is 0.769. The molecule has 0 aromatic heterocycles. The number of allylic oxidation sites excluding steroid dienone is 1. The Morgan fingerprint density at radius 2 is 1.80 bits per heavy atom. The third kappa shape index (κ3) is 3.37. The maximum Gasteiger partial charge on any atom is 0.330 e. The first-order chi connectivity index (χ1) is 7.21. The second kappa shape index (κ2) is 5.94. The lowest BCUT2D eigenvalue weighted by atomic mass is 9.92. The van der Waals surface area contributed by atoms with Crippen LogP contribution in [-0.4, -0.2) is 12.6 Å². The molecule has 2 heteroatoms. The molecule has 15 heavy (non-hydrogen) atoms. The summed E-state index contributed by atoms with van der Waals surface area (Å²) < 4.78 is 4.93. The van der Waals surface area contributed by atoms with Crippen molar-refractivity contribution in [2.24, 2.45) is 11.8 Å². The number of hydrogen-bond donors (Lipinski definition) is 0. The maximum absolute atomic E-state index is 11.3. The van der Waals surface area contributed by atoms with Gasteiger partial charge in [0.05, 0.1) is 6.61 Å². The normalized spacial score (nSPS) is 25.4.